The molecule has 1 aromatic rings. The number of hydrogen-bond acceptors (Lipinski definition) is 0. The molecule has 0 atom stereocenters. The van der Waals surface area contributed by atoms with Crippen LogP contribution in [0.25, 0.3) is 0 Å². The van der Waals surface area contributed by atoms with E-state index in [-0.39, 0.29) is 0 Å². The Morgan fingerprint density at radius 3 is 2.29 bits per heavy atom. The van der Waals surface area contributed by atoms with E-state index in [4.69, 9.17) is 6.42 Å². The van der Waals surface area contributed by atoms with Crippen molar-refractivity contribution in [2.24, 2.45) is 0 Å². The van der Waals surface area contributed by atoms with Gasteiger partial charge in [-0.05, 0) is 30.4 Å². The molecule has 0 aliphatic carbocycles. The van der Waals surface area contributed by atoms with Gasteiger partial charge in [-0.3, -0.25) is 0 Å². The van der Waals surface area contributed by atoms with Crippen molar-refractivity contribution in [3.63, 3.8) is 0 Å². The van der Waals surface area contributed by atoms with Crippen LogP contribution in [0.15, 0.2) is 24.3 Å². The van der Waals surface area contributed by atoms with Crippen molar-refractivity contribution in [1.82, 2.24) is 0 Å². The standard InChI is InChI=1S/C14H17/c1-3-5-6-8-14-11-9-13(7-4-2)10-12-14/h9-12H,3,5-8H2,1H3. The lowest BCUT2D eigenvalue weighted by Gasteiger charge is -2.01. The van der Waals surface area contributed by atoms with Crippen LogP contribution in [-0.4, -0.2) is 0 Å². The Balaban J connectivity index is 2.43. The number of aryl methyl sites for hydroxylation is 1. The van der Waals surface area contributed by atoms with Gasteiger partial charge in [0.2, 0.25) is 0 Å². The molecule has 0 fully saturated rings. The maximum absolute atomic E-state index is 6.88. The molecule has 0 aliphatic heterocycles. The van der Waals surface area contributed by atoms with Crippen LogP contribution in [0.3, 0.4) is 0 Å². The highest BCUT2D eigenvalue weighted by Crippen LogP contribution is 2.08. The lowest BCUT2D eigenvalue weighted by molar-refractivity contribution is 0.717. The fourth-order valence-corrected chi connectivity index (χ4v) is 1.50. The summed E-state index contributed by atoms with van der Waals surface area (Å²) >= 11 is 0. The first-order valence-electron chi connectivity index (χ1n) is 5.34. The molecular formula is C14H17. The summed E-state index contributed by atoms with van der Waals surface area (Å²) in [5, 5.41) is 0. The summed E-state index contributed by atoms with van der Waals surface area (Å²) in [6.45, 7) is 2.23. The van der Waals surface area contributed by atoms with Crippen LogP contribution in [0.2, 0.25) is 0 Å². The minimum absolute atomic E-state index is 0.634. The number of hydrogen-bond donors (Lipinski definition) is 0. The van der Waals surface area contributed by atoms with Gasteiger partial charge in [-0.15, -0.1) is 0 Å². The van der Waals surface area contributed by atoms with Crippen LogP contribution in [0, 0.1) is 12.3 Å². The van der Waals surface area contributed by atoms with Gasteiger partial charge in [0.25, 0.3) is 0 Å². The number of benzene rings is 1. The quantitative estimate of drug-likeness (QED) is 0.486. The summed E-state index contributed by atoms with van der Waals surface area (Å²) in [5.74, 6) is 2.41. The molecule has 73 valence electrons. The average molecular weight is 185 g/mol. The predicted octanol–water partition coefficient (Wildman–Crippen LogP) is 3.55. The average Bonchev–Trinajstić information content (AvgIpc) is 2.21. The molecule has 0 saturated heterocycles. The second-order valence-electron chi connectivity index (χ2n) is 3.63. The molecular weight excluding hydrogens is 168 g/mol. The molecule has 0 amide bonds. The zero-order valence-corrected chi connectivity index (χ0v) is 8.84. The zero-order valence-electron chi connectivity index (χ0n) is 8.84. The second kappa shape index (κ2) is 6.27. The lowest BCUT2D eigenvalue weighted by Crippen LogP contribution is -1.87. The molecule has 1 aromatic carbocycles. The first-order chi connectivity index (χ1) is 6.86. The van der Waals surface area contributed by atoms with E-state index in [1.807, 2.05) is 0 Å². The van der Waals surface area contributed by atoms with Crippen LogP contribution in [0.1, 0.15) is 37.3 Å². The van der Waals surface area contributed by atoms with Crippen molar-refractivity contribution in [2.45, 2.75) is 39.0 Å². The van der Waals surface area contributed by atoms with Gasteiger partial charge >= 0.3 is 0 Å². The van der Waals surface area contributed by atoms with E-state index >= 15 is 0 Å². The van der Waals surface area contributed by atoms with Gasteiger partial charge < -0.3 is 0 Å². The SMILES string of the molecule is [C]#CCc1ccc(CCCCC)cc1. The van der Waals surface area contributed by atoms with Crippen LogP contribution in [0.4, 0.5) is 0 Å². The molecule has 0 saturated carbocycles. The van der Waals surface area contributed by atoms with Crippen molar-refractivity contribution in [3.8, 4) is 5.92 Å². The minimum atomic E-state index is 0.634. The monoisotopic (exact) mass is 185 g/mol. The van der Waals surface area contributed by atoms with E-state index in [0.717, 1.165) is 0 Å². The Hall–Kier alpha value is -1.22. The highest BCUT2D eigenvalue weighted by Gasteiger charge is 1.93. The Labute approximate surface area is 87.4 Å². The topological polar surface area (TPSA) is 0 Å². The number of unbranched alkanes of at least 4 members (excludes halogenated alkanes) is 2. The van der Waals surface area contributed by atoms with Crippen LogP contribution < -0.4 is 0 Å². The van der Waals surface area contributed by atoms with Crippen molar-refractivity contribution in [1.29, 1.82) is 0 Å². The summed E-state index contributed by atoms with van der Waals surface area (Å²) in [7, 11) is 0. The van der Waals surface area contributed by atoms with Gasteiger partial charge in [0.1, 0.15) is 0 Å². The molecule has 14 heavy (non-hydrogen) atoms. The Kier molecular flexibility index (Phi) is 4.86. The summed E-state index contributed by atoms with van der Waals surface area (Å²) < 4.78 is 0. The third-order valence-electron chi connectivity index (χ3n) is 2.38. The zero-order chi connectivity index (χ0) is 10.2. The van der Waals surface area contributed by atoms with E-state index < -0.39 is 0 Å². The van der Waals surface area contributed by atoms with Crippen LogP contribution >= 0.6 is 0 Å². The minimum Gasteiger partial charge on any atom is -0.0843 e. The van der Waals surface area contributed by atoms with Crippen molar-refractivity contribution in [3.05, 3.63) is 41.8 Å². The summed E-state index contributed by atoms with van der Waals surface area (Å²) in [6, 6.07) is 8.54. The Morgan fingerprint density at radius 1 is 1.07 bits per heavy atom. The molecule has 0 nitrogen and oxygen atoms in total. The third-order valence-corrected chi connectivity index (χ3v) is 2.38. The molecule has 0 N–H and O–H groups in total. The van der Waals surface area contributed by atoms with Gasteiger partial charge in [0.05, 0.1) is 0 Å². The molecule has 1 rings (SSSR count). The van der Waals surface area contributed by atoms with E-state index in [1.54, 1.807) is 0 Å². The van der Waals surface area contributed by atoms with Gasteiger partial charge in [0, 0.05) is 6.42 Å². The normalized spacial score (nSPS) is 9.71. The molecule has 0 heterocycles. The van der Waals surface area contributed by atoms with Gasteiger partial charge in [-0.25, -0.2) is 0 Å². The van der Waals surface area contributed by atoms with E-state index in [9.17, 15) is 0 Å². The van der Waals surface area contributed by atoms with E-state index in [2.05, 4.69) is 37.1 Å². The van der Waals surface area contributed by atoms with Crippen molar-refractivity contribution < 1.29 is 0 Å². The summed E-state index contributed by atoms with van der Waals surface area (Å²) in [5.41, 5.74) is 2.59. The Morgan fingerprint density at radius 2 is 1.71 bits per heavy atom. The molecule has 0 spiro atoms. The fourth-order valence-electron chi connectivity index (χ4n) is 1.50. The Bertz CT molecular complexity index is 287. The molecule has 0 bridgehead atoms. The van der Waals surface area contributed by atoms with Crippen molar-refractivity contribution >= 4 is 0 Å². The maximum Gasteiger partial charge on any atom is 0.0350 e. The second-order valence-corrected chi connectivity index (χ2v) is 3.63. The highest BCUT2D eigenvalue weighted by atomic mass is 14.0. The molecule has 0 aromatic heterocycles. The predicted molar refractivity (Wildman–Crippen MR) is 60.5 cm³/mol. The van der Waals surface area contributed by atoms with Crippen LogP contribution in [-0.2, 0) is 12.8 Å². The first-order valence-corrected chi connectivity index (χ1v) is 5.34. The van der Waals surface area contributed by atoms with Gasteiger partial charge in [0.15, 0.2) is 0 Å². The third kappa shape index (κ3) is 3.66. The molecule has 0 aliphatic rings. The maximum atomic E-state index is 6.88. The number of rotatable bonds is 5. The first kappa shape index (κ1) is 10.9. The smallest absolute Gasteiger partial charge is 0.0350 e. The molecule has 1 radical (unpaired) electrons. The molecule has 0 unspecified atom stereocenters. The molecule has 0 heteroatoms. The largest absolute Gasteiger partial charge is 0.0843 e. The summed E-state index contributed by atoms with van der Waals surface area (Å²) in [4.78, 5) is 0. The van der Waals surface area contributed by atoms with Crippen molar-refractivity contribution in [2.75, 3.05) is 0 Å². The van der Waals surface area contributed by atoms with Crippen LogP contribution in [0.5, 0.6) is 0 Å². The lowest BCUT2D eigenvalue weighted by atomic mass is 10.0. The van der Waals surface area contributed by atoms with Gasteiger partial charge in [-0.1, -0.05) is 50.0 Å². The fraction of sp³-hybridized carbons (Fsp3) is 0.429. The van der Waals surface area contributed by atoms with E-state index in [0.29, 0.717) is 6.42 Å². The van der Waals surface area contributed by atoms with E-state index in [1.165, 1.54) is 36.8 Å². The summed E-state index contributed by atoms with van der Waals surface area (Å²) in [6.07, 6.45) is 12.6. The van der Waals surface area contributed by atoms with Gasteiger partial charge in [-0.2, -0.15) is 0 Å². The highest BCUT2D eigenvalue weighted by molar-refractivity contribution is 5.24.